The van der Waals surface area contributed by atoms with E-state index in [1.165, 1.54) is 6.07 Å². The maximum atomic E-state index is 13.2. The molecule has 0 bridgehead atoms. The Morgan fingerprint density at radius 2 is 2.19 bits per heavy atom. The first-order valence-electron chi connectivity index (χ1n) is 5.53. The third-order valence-corrected chi connectivity index (χ3v) is 3.36. The van der Waals surface area contributed by atoms with E-state index in [1.807, 2.05) is 0 Å². The van der Waals surface area contributed by atoms with E-state index in [0.717, 1.165) is 12.3 Å². The van der Waals surface area contributed by atoms with Crippen LogP contribution < -0.4 is 10.6 Å². The van der Waals surface area contributed by atoms with Crippen molar-refractivity contribution in [3.05, 3.63) is 43.8 Å². The molecule has 0 fully saturated rings. The molecule has 0 aliphatic rings. The lowest BCUT2D eigenvalue weighted by Gasteiger charge is -2.11. The normalized spacial score (nSPS) is 10.3. The van der Waals surface area contributed by atoms with Crippen molar-refractivity contribution in [2.75, 3.05) is 17.7 Å². The molecule has 1 aromatic carbocycles. The minimum Gasteiger partial charge on any atom is -0.357 e. The molecule has 0 unspecified atom stereocenters. The van der Waals surface area contributed by atoms with Crippen molar-refractivity contribution in [2.24, 2.45) is 0 Å². The molecule has 2 N–H and O–H groups in total. The molecule has 7 nitrogen and oxygen atoms in total. The van der Waals surface area contributed by atoms with Gasteiger partial charge in [0.2, 0.25) is 11.8 Å². The molecule has 0 saturated carbocycles. The highest BCUT2D eigenvalue weighted by atomic mass is 79.9. The Morgan fingerprint density at radius 1 is 1.48 bits per heavy atom. The number of nitrogens with one attached hydrogen (secondary N) is 2. The second-order valence-electron chi connectivity index (χ2n) is 3.80. The Kier molecular flexibility index (Phi) is 4.53. The quantitative estimate of drug-likeness (QED) is 0.624. The van der Waals surface area contributed by atoms with Gasteiger partial charge in [0.15, 0.2) is 0 Å². The van der Waals surface area contributed by atoms with E-state index in [2.05, 4.69) is 36.5 Å². The maximum Gasteiger partial charge on any atom is 0.329 e. The highest BCUT2D eigenvalue weighted by molar-refractivity contribution is 9.10. The third kappa shape index (κ3) is 3.37. The van der Waals surface area contributed by atoms with Gasteiger partial charge in [-0.1, -0.05) is 11.6 Å². The van der Waals surface area contributed by atoms with Gasteiger partial charge in [-0.2, -0.15) is 4.98 Å². The van der Waals surface area contributed by atoms with Crippen molar-refractivity contribution in [1.82, 2.24) is 9.97 Å². The Labute approximate surface area is 131 Å². The van der Waals surface area contributed by atoms with E-state index < -0.39 is 10.7 Å². The topological polar surface area (TPSA) is 93.0 Å². The highest BCUT2D eigenvalue weighted by Crippen LogP contribution is 2.35. The summed E-state index contributed by atoms with van der Waals surface area (Å²) in [7, 11) is 1.58. The van der Waals surface area contributed by atoms with Gasteiger partial charge >= 0.3 is 5.69 Å². The molecule has 0 amide bonds. The van der Waals surface area contributed by atoms with Crippen molar-refractivity contribution in [2.45, 2.75) is 0 Å². The van der Waals surface area contributed by atoms with Crippen LogP contribution in [0.25, 0.3) is 0 Å². The molecule has 0 atom stereocenters. The second-order valence-corrected chi connectivity index (χ2v) is 5.07. The molecule has 21 heavy (non-hydrogen) atoms. The zero-order valence-corrected chi connectivity index (χ0v) is 12.9. The van der Waals surface area contributed by atoms with Crippen LogP contribution in [-0.4, -0.2) is 21.9 Å². The number of anilines is 3. The first-order chi connectivity index (χ1) is 9.92. The molecular weight excluding hydrogens is 369 g/mol. The fourth-order valence-electron chi connectivity index (χ4n) is 1.50. The van der Waals surface area contributed by atoms with Crippen molar-refractivity contribution in [3.63, 3.8) is 0 Å². The highest BCUT2D eigenvalue weighted by Gasteiger charge is 2.19. The smallest absolute Gasteiger partial charge is 0.329 e. The summed E-state index contributed by atoms with van der Waals surface area (Å²) in [6.45, 7) is 0. The molecule has 1 heterocycles. The number of hydrogen-bond acceptors (Lipinski definition) is 6. The van der Waals surface area contributed by atoms with Gasteiger partial charge in [0, 0.05) is 11.5 Å². The van der Waals surface area contributed by atoms with Crippen molar-refractivity contribution < 1.29 is 9.31 Å². The lowest BCUT2D eigenvalue weighted by atomic mass is 10.3. The van der Waals surface area contributed by atoms with Crippen LogP contribution in [0.1, 0.15) is 0 Å². The number of rotatable bonds is 4. The average molecular weight is 377 g/mol. The van der Waals surface area contributed by atoms with E-state index >= 15 is 0 Å². The Bertz CT molecular complexity index is 692. The first kappa shape index (κ1) is 15.4. The predicted octanol–water partition coefficient (Wildman–Crippen LogP) is 3.73. The van der Waals surface area contributed by atoms with Gasteiger partial charge < -0.3 is 10.6 Å². The summed E-state index contributed by atoms with van der Waals surface area (Å²) in [6, 6.07) is 2.26. The summed E-state index contributed by atoms with van der Waals surface area (Å²) in [5.41, 5.74) is -0.0665. The largest absolute Gasteiger partial charge is 0.357 e. The van der Waals surface area contributed by atoms with Gasteiger partial charge in [-0.05, 0) is 28.1 Å². The summed E-state index contributed by atoms with van der Waals surface area (Å²) in [6.07, 6.45) is 1.06. The average Bonchev–Trinajstić information content (AvgIpc) is 2.42. The number of nitro groups is 1. The zero-order valence-electron chi connectivity index (χ0n) is 10.5. The van der Waals surface area contributed by atoms with Crippen LogP contribution in [0.15, 0.2) is 22.8 Å². The molecule has 1 aromatic heterocycles. The Morgan fingerprint density at radius 3 is 2.76 bits per heavy atom. The molecule has 2 rings (SSSR count). The van der Waals surface area contributed by atoms with Crippen LogP contribution >= 0.6 is 27.5 Å². The van der Waals surface area contributed by atoms with Crippen LogP contribution in [0.4, 0.5) is 27.5 Å². The number of nitrogens with zero attached hydrogens (tertiary/aromatic N) is 3. The summed E-state index contributed by atoms with van der Waals surface area (Å²) in [5.74, 6) is -0.406. The van der Waals surface area contributed by atoms with Gasteiger partial charge in [0.1, 0.15) is 12.0 Å². The van der Waals surface area contributed by atoms with Gasteiger partial charge in [-0.3, -0.25) is 10.1 Å². The molecule has 0 spiro atoms. The lowest BCUT2D eigenvalue weighted by Crippen LogP contribution is -2.05. The molecule has 0 radical (unpaired) electrons. The monoisotopic (exact) mass is 375 g/mol. The first-order valence-corrected chi connectivity index (χ1v) is 6.70. The third-order valence-electron chi connectivity index (χ3n) is 2.44. The van der Waals surface area contributed by atoms with E-state index in [9.17, 15) is 14.5 Å². The van der Waals surface area contributed by atoms with Crippen LogP contribution in [0.2, 0.25) is 5.02 Å². The minimum absolute atomic E-state index is 0.0563. The minimum atomic E-state index is -0.632. The summed E-state index contributed by atoms with van der Waals surface area (Å²) in [4.78, 5) is 18.1. The fraction of sp³-hybridized carbons (Fsp3) is 0.0909. The van der Waals surface area contributed by atoms with E-state index in [1.54, 1.807) is 7.05 Å². The van der Waals surface area contributed by atoms with Gasteiger partial charge in [0.25, 0.3) is 0 Å². The van der Waals surface area contributed by atoms with Crippen molar-refractivity contribution in [1.29, 1.82) is 0 Å². The Hall–Kier alpha value is -2.00. The summed E-state index contributed by atoms with van der Waals surface area (Å²) < 4.78 is 13.5. The van der Waals surface area contributed by atoms with E-state index in [0.29, 0.717) is 4.47 Å². The molecule has 2 aromatic rings. The zero-order chi connectivity index (χ0) is 15.6. The molecule has 110 valence electrons. The second kappa shape index (κ2) is 6.19. The van der Waals surface area contributed by atoms with E-state index in [4.69, 9.17) is 11.6 Å². The van der Waals surface area contributed by atoms with Crippen LogP contribution in [0, 0.1) is 15.9 Å². The molecule has 0 aliphatic heterocycles. The molecule has 0 aliphatic carbocycles. The summed E-state index contributed by atoms with van der Waals surface area (Å²) in [5, 5.41) is 16.4. The van der Waals surface area contributed by atoms with Gasteiger partial charge in [0.05, 0.1) is 15.6 Å². The van der Waals surface area contributed by atoms with Crippen LogP contribution in [-0.2, 0) is 0 Å². The SMILES string of the molecule is CNc1ncc([N+](=O)[O-])c(Nc2c(Cl)cc(F)cc2Br)n1. The Balaban J connectivity index is 2.50. The van der Waals surface area contributed by atoms with Crippen molar-refractivity contribution >= 4 is 50.7 Å². The lowest BCUT2D eigenvalue weighted by molar-refractivity contribution is -0.384. The van der Waals surface area contributed by atoms with Crippen molar-refractivity contribution in [3.8, 4) is 0 Å². The van der Waals surface area contributed by atoms with Crippen LogP contribution in [0.3, 0.4) is 0 Å². The maximum absolute atomic E-state index is 13.2. The standard InChI is InChI=1S/C11H8BrClFN5O2/c1-15-11-16-4-8(19(20)21)10(18-11)17-9-6(12)2-5(14)3-7(9)13/h2-4H,1H3,(H2,15,16,17,18). The summed E-state index contributed by atoms with van der Waals surface area (Å²) >= 11 is 9.07. The number of hydrogen-bond donors (Lipinski definition) is 2. The fourth-order valence-corrected chi connectivity index (χ4v) is 2.40. The van der Waals surface area contributed by atoms with Gasteiger partial charge in [-0.15, -0.1) is 0 Å². The number of benzene rings is 1. The molecular formula is C11H8BrClFN5O2. The van der Waals surface area contributed by atoms with E-state index in [-0.39, 0.29) is 28.2 Å². The number of halogens is 3. The number of aromatic nitrogens is 2. The van der Waals surface area contributed by atoms with Gasteiger partial charge in [-0.25, -0.2) is 9.37 Å². The van der Waals surface area contributed by atoms with Crippen LogP contribution in [0.5, 0.6) is 0 Å². The predicted molar refractivity (Wildman–Crippen MR) is 80.6 cm³/mol. The molecule has 10 heteroatoms. The molecule has 0 saturated heterocycles.